The molecule has 5 nitrogen and oxygen atoms in total. The summed E-state index contributed by atoms with van der Waals surface area (Å²) in [5.74, 6) is -0.162. The number of benzene rings is 2. The van der Waals surface area contributed by atoms with E-state index >= 15 is 0 Å². The molecule has 0 aliphatic heterocycles. The average Bonchev–Trinajstić information content (AvgIpc) is 2.59. The quantitative estimate of drug-likeness (QED) is 0.885. The van der Waals surface area contributed by atoms with Crippen LogP contribution in [0.25, 0.3) is 11.1 Å². The molecule has 0 saturated heterocycles. The van der Waals surface area contributed by atoms with Crippen molar-refractivity contribution in [2.75, 3.05) is 21.2 Å². The predicted molar refractivity (Wildman–Crippen MR) is 92.4 cm³/mol. The van der Waals surface area contributed by atoms with Gasteiger partial charge in [0.1, 0.15) is 5.75 Å². The van der Waals surface area contributed by atoms with E-state index in [1.807, 2.05) is 18.2 Å². The second-order valence-corrected chi connectivity index (χ2v) is 5.71. The number of aryl methyl sites for hydroxylation is 1. The molecule has 2 rings (SSSR count). The fraction of sp³-hybridized carbons (Fsp3) is 0.263. The number of rotatable bonds is 6. The number of amides is 1. The fourth-order valence-corrected chi connectivity index (χ4v) is 2.40. The number of nitrogens with zero attached hydrogens (tertiary/aromatic N) is 1. The highest BCUT2D eigenvalue weighted by Crippen LogP contribution is 2.31. The molecule has 2 aromatic carbocycles. The standard InChI is InChI=1S/C19H21NO4/c1-20(2)18(21)11-5-13-4-10-16(17(12-13)24-3)14-6-8-15(9-7-14)19(22)23/h4,6-10,12H,5,11H2,1-3H3,(H,22,23). The van der Waals surface area contributed by atoms with Gasteiger partial charge in [-0.15, -0.1) is 0 Å². The van der Waals surface area contributed by atoms with Gasteiger partial charge in [0.25, 0.3) is 0 Å². The smallest absolute Gasteiger partial charge is 0.335 e. The van der Waals surface area contributed by atoms with Crippen LogP contribution in [-0.4, -0.2) is 43.1 Å². The van der Waals surface area contributed by atoms with E-state index in [4.69, 9.17) is 9.84 Å². The van der Waals surface area contributed by atoms with E-state index < -0.39 is 5.97 Å². The van der Waals surface area contributed by atoms with Crippen LogP contribution in [0.2, 0.25) is 0 Å². The number of hydrogen-bond donors (Lipinski definition) is 1. The van der Waals surface area contributed by atoms with Crippen molar-refractivity contribution in [1.29, 1.82) is 0 Å². The van der Waals surface area contributed by atoms with E-state index in [-0.39, 0.29) is 11.5 Å². The molecule has 0 aromatic heterocycles. The van der Waals surface area contributed by atoms with Gasteiger partial charge in [0.05, 0.1) is 12.7 Å². The number of carboxylic acids is 1. The summed E-state index contributed by atoms with van der Waals surface area (Å²) in [6.45, 7) is 0. The van der Waals surface area contributed by atoms with Crippen molar-refractivity contribution in [1.82, 2.24) is 4.90 Å². The molecule has 1 amide bonds. The Labute approximate surface area is 141 Å². The van der Waals surface area contributed by atoms with Gasteiger partial charge in [-0.05, 0) is 35.7 Å². The summed E-state index contributed by atoms with van der Waals surface area (Å²) in [4.78, 5) is 24.2. The third-order valence-corrected chi connectivity index (χ3v) is 3.84. The van der Waals surface area contributed by atoms with Crippen LogP contribution in [0.3, 0.4) is 0 Å². The molecule has 0 atom stereocenters. The number of carbonyl (C=O) groups excluding carboxylic acids is 1. The first-order valence-electron chi connectivity index (χ1n) is 7.63. The maximum atomic E-state index is 11.7. The van der Waals surface area contributed by atoms with Crippen LogP contribution in [0.5, 0.6) is 5.75 Å². The van der Waals surface area contributed by atoms with Crippen LogP contribution < -0.4 is 4.74 Å². The van der Waals surface area contributed by atoms with Gasteiger partial charge in [0.15, 0.2) is 0 Å². The summed E-state index contributed by atoms with van der Waals surface area (Å²) in [7, 11) is 5.08. The van der Waals surface area contributed by atoms with Gasteiger partial charge in [-0.25, -0.2) is 4.79 Å². The summed E-state index contributed by atoms with van der Waals surface area (Å²) in [6, 6.07) is 12.5. The van der Waals surface area contributed by atoms with Gasteiger partial charge in [-0.3, -0.25) is 4.79 Å². The van der Waals surface area contributed by atoms with Crippen molar-refractivity contribution >= 4 is 11.9 Å². The maximum Gasteiger partial charge on any atom is 0.335 e. The number of carboxylic acid groups (broad SMARTS) is 1. The lowest BCUT2D eigenvalue weighted by molar-refractivity contribution is -0.128. The Bertz CT molecular complexity index is 736. The Morgan fingerprint density at radius 1 is 1.08 bits per heavy atom. The molecule has 126 valence electrons. The van der Waals surface area contributed by atoms with Crippen molar-refractivity contribution in [2.45, 2.75) is 12.8 Å². The van der Waals surface area contributed by atoms with Gasteiger partial charge in [0.2, 0.25) is 5.91 Å². The molecule has 0 saturated carbocycles. The maximum absolute atomic E-state index is 11.7. The van der Waals surface area contributed by atoms with Crippen LogP contribution in [0, 0.1) is 0 Å². The van der Waals surface area contributed by atoms with E-state index in [1.165, 1.54) is 0 Å². The summed E-state index contributed by atoms with van der Waals surface area (Å²) < 4.78 is 5.46. The van der Waals surface area contributed by atoms with Crippen molar-refractivity contribution in [3.8, 4) is 16.9 Å². The Hall–Kier alpha value is -2.82. The summed E-state index contributed by atoms with van der Waals surface area (Å²) >= 11 is 0. The van der Waals surface area contributed by atoms with Crippen LogP contribution in [0.4, 0.5) is 0 Å². The molecule has 0 spiro atoms. The zero-order chi connectivity index (χ0) is 17.7. The molecule has 2 aromatic rings. The Morgan fingerprint density at radius 3 is 2.29 bits per heavy atom. The normalized spacial score (nSPS) is 10.3. The zero-order valence-corrected chi connectivity index (χ0v) is 14.1. The number of methoxy groups -OCH3 is 1. The Balaban J connectivity index is 2.22. The van der Waals surface area contributed by atoms with Gasteiger partial charge in [-0.1, -0.05) is 24.3 Å². The minimum Gasteiger partial charge on any atom is -0.496 e. The lowest BCUT2D eigenvalue weighted by Crippen LogP contribution is -2.21. The van der Waals surface area contributed by atoms with E-state index in [0.717, 1.165) is 16.7 Å². The third kappa shape index (κ3) is 4.13. The Kier molecular flexibility index (Phi) is 5.58. The predicted octanol–water partition coefficient (Wildman–Crippen LogP) is 3.08. The van der Waals surface area contributed by atoms with E-state index in [0.29, 0.717) is 18.6 Å². The van der Waals surface area contributed by atoms with Crippen molar-refractivity contribution in [3.05, 3.63) is 53.6 Å². The molecular formula is C19H21NO4. The van der Waals surface area contributed by atoms with Crippen LogP contribution in [0.1, 0.15) is 22.3 Å². The lowest BCUT2D eigenvalue weighted by atomic mass is 9.99. The molecule has 0 heterocycles. The van der Waals surface area contributed by atoms with E-state index in [2.05, 4.69) is 0 Å². The molecule has 0 fully saturated rings. The van der Waals surface area contributed by atoms with E-state index in [1.54, 1.807) is 50.4 Å². The minimum atomic E-state index is -0.950. The van der Waals surface area contributed by atoms with Gasteiger partial charge in [-0.2, -0.15) is 0 Å². The van der Waals surface area contributed by atoms with Gasteiger partial charge in [0, 0.05) is 26.1 Å². The number of ether oxygens (including phenoxy) is 1. The van der Waals surface area contributed by atoms with Gasteiger partial charge >= 0.3 is 5.97 Å². The van der Waals surface area contributed by atoms with Crippen LogP contribution >= 0.6 is 0 Å². The van der Waals surface area contributed by atoms with Crippen molar-refractivity contribution in [3.63, 3.8) is 0 Å². The second kappa shape index (κ2) is 7.64. The molecule has 0 aliphatic carbocycles. The first-order chi connectivity index (χ1) is 11.4. The number of hydrogen-bond acceptors (Lipinski definition) is 3. The SMILES string of the molecule is COc1cc(CCC(=O)N(C)C)ccc1-c1ccc(C(=O)O)cc1. The van der Waals surface area contributed by atoms with Crippen LogP contribution in [-0.2, 0) is 11.2 Å². The highest BCUT2D eigenvalue weighted by molar-refractivity contribution is 5.88. The molecule has 5 heteroatoms. The topological polar surface area (TPSA) is 66.8 Å². The molecule has 24 heavy (non-hydrogen) atoms. The monoisotopic (exact) mass is 327 g/mol. The number of carbonyl (C=O) groups is 2. The summed E-state index contributed by atoms with van der Waals surface area (Å²) in [6.07, 6.45) is 1.09. The molecular weight excluding hydrogens is 306 g/mol. The average molecular weight is 327 g/mol. The Morgan fingerprint density at radius 2 is 1.75 bits per heavy atom. The second-order valence-electron chi connectivity index (χ2n) is 5.71. The summed E-state index contributed by atoms with van der Waals surface area (Å²) in [5, 5.41) is 8.97. The third-order valence-electron chi connectivity index (χ3n) is 3.84. The van der Waals surface area contributed by atoms with E-state index in [9.17, 15) is 9.59 Å². The molecule has 0 aliphatic rings. The highest BCUT2D eigenvalue weighted by atomic mass is 16.5. The first-order valence-corrected chi connectivity index (χ1v) is 7.63. The first kappa shape index (κ1) is 17.5. The molecule has 0 bridgehead atoms. The lowest BCUT2D eigenvalue weighted by Gasteiger charge is -2.13. The summed E-state index contributed by atoms with van der Waals surface area (Å²) in [5.41, 5.74) is 3.04. The van der Waals surface area contributed by atoms with Crippen molar-refractivity contribution in [2.24, 2.45) is 0 Å². The van der Waals surface area contributed by atoms with Crippen LogP contribution in [0.15, 0.2) is 42.5 Å². The zero-order valence-electron chi connectivity index (χ0n) is 14.1. The molecule has 1 N–H and O–H groups in total. The van der Waals surface area contributed by atoms with Crippen molar-refractivity contribution < 1.29 is 19.4 Å². The fourth-order valence-electron chi connectivity index (χ4n) is 2.40. The number of aromatic carboxylic acids is 1. The highest BCUT2D eigenvalue weighted by Gasteiger charge is 2.10. The molecule has 0 radical (unpaired) electrons. The minimum absolute atomic E-state index is 0.0855. The largest absolute Gasteiger partial charge is 0.496 e. The molecule has 0 unspecified atom stereocenters. The van der Waals surface area contributed by atoms with Gasteiger partial charge < -0.3 is 14.7 Å².